The molecule has 0 heterocycles. The SMILES string of the molecule is CC(O[N+](=O)[O-])C(=O)NCCCN.O=C(O)C=CC(=O)O. The van der Waals surface area contributed by atoms with E-state index in [0.717, 1.165) is 0 Å². The van der Waals surface area contributed by atoms with Gasteiger partial charge in [-0.2, -0.15) is 0 Å². The van der Waals surface area contributed by atoms with E-state index in [1.807, 2.05) is 0 Å². The zero-order valence-electron chi connectivity index (χ0n) is 11.2. The smallest absolute Gasteiger partial charge is 0.328 e. The number of hydrogen-bond acceptors (Lipinski definition) is 7. The first-order chi connectivity index (χ1) is 9.70. The molecule has 0 bridgehead atoms. The number of hydrogen-bond donors (Lipinski definition) is 4. The molecule has 0 aromatic rings. The molecule has 0 aliphatic rings. The molecule has 0 rings (SSSR count). The van der Waals surface area contributed by atoms with Crippen LogP contribution in [-0.2, 0) is 19.2 Å². The number of amides is 1. The topological polar surface area (TPSA) is 182 Å². The molecule has 1 unspecified atom stereocenters. The summed E-state index contributed by atoms with van der Waals surface area (Å²) in [6.45, 7) is 2.17. The summed E-state index contributed by atoms with van der Waals surface area (Å²) in [5.74, 6) is -3.02. The Morgan fingerprint density at radius 2 is 1.81 bits per heavy atom. The van der Waals surface area contributed by atoms with Gasteiger partial charge in [0, 0.05) is 18.7 Å². The summed E-state index contributed by atoms with van der Waals surface area (Å²) >= 11 is 0. The molecule has 0 saturated carbocycles. The lowest BCUT2D eigenvalue weighted by molar-refractivity contribution is -0.763. The highest BCUT2D eigenvalue weighted by Crippen LogP contribution is 1.90. The number of nitrogens with zero attached hydrogens (tertiary/aromatic N) is 1. The summed E-state index contributed by atoms with van der Waals surface area (Å²) in [6, 6.07) is 0. The normalized spacial score (nSPS) is 11.0. The Morgan fingerprint density at radius 3 is 2.14 bits per heavy atom. The van der Waals surface area contributed by atoms with E-state index in [4.69, 9.17) is 15.9 Å². The number of carbonyl (C=O) groups excluding carboxylic acids is 1. The lowest BCUT2D eigenvalue weighted by Gasteiger charge is -2.09. The molecule has 0 spiro atoms. The second-order valence-corrected chi connectivity index (χ2v) is 3.41. The summed E-state index contributed by atoms with van der Waals surface area (Å²) in [6.07, 6.45) is 0.675. The predicted octanol–water partition coefficient (Wildman–Crippen LogP) is -1.24. The molecule has 1 atom stereocenters. The van der Waals surface area contributed by atoms with Gasteiger partial charge in [0.2, 0.25) is 5.91 Å². The third-order valence-corrected chi connectivity index (χ3v) is 1.66. The van der Waals surface area contributed by atoms with Gasteiger partial charge in [0.1, 0.15) is 0 Å². The van der Waals surface area contributed by atoms with E-state index in [1.165, 1.54) is 6.92 Å². The summed E-state index contributed by atoms with van der Waals surface area (Å²) in [4.78, 5) is 43.9. The fourth-order valence-corrected chi connectivity index (χ4v) is 0.777. The maximum absolute atomic E-state index is 11.0. The van der Waals surface area contributed by atoms with Crippen molar-refractivity contribution in [2.24, 2.45) is 5.73 Å². The van der Waals surface area contributed by atoms with Crippen LogP contribution in [-0.4, -0.2) is 52.3 Å². The standard InChI is InChI=1S/C6H13N3O4.C4H4O4/c1-5(13-9(11)12)6(10)8-4-2-3-7;5-3(6)1-2-4(7)8/h5H,2-4,7H2,1H3,(H,8,10);1-2H,(H,5,6)(H,7,8). The van der Waals surface area contributed by atoms with E-state index in [-0.39, 0.29) is 0 Å². The van der Waals surface area contributed by atoms with Crippen LogP contribution >= 0.6 is 0 Å². The van der Waals surface area contributed by atoms with Crippen molar-refractivity contribution < 1.29 is 34.5 Å². The average molecular weight is 307 g/mol. The van der Waals surface area contributed by atoms with Gasteiger partial charge in [-0.3, -0.25) is 4.79 Å². The Balaban J connectivity index is 0. The van der Waals surface area contributed by atoms with Gasteiger partial charge >= 0.3 is 11.9 Å². The van der Waals surface area contributed by atoms with Gasteiger partial charge in [-0.1, -0.05) is 0 Å². The number of nitrogens with two attached hydrogens (primary N) is 1. The number of rotatable bonds is 8. The van der Waals surface area contributed by atoms with Crippen LogP contribution in [0, 0.1) is 10.1 Å². The van der Waals surface area contributed by atoms with Crippen LogP contribution in [0.4, 0.5) is 0 Å². The zero-order valence-corrected chi connectivity index (χ0v) is 11.2. The first-order valence-corrected chi connectivity index (χ1v) is 5.63. The second kappa shape index (κ2) is 12.3. The van der Waals surface area contributed by atoms with Crippen LogP contribution in [0.5, 0.6) is 0 Å². The highest BCUT2D eigenvalue weighted by molar-refractivity contribution is 5.89. The Hall–Kier alpha value is -2.69. The highest BCUT2D eigenvalue weighted by Gasteiger charge is 2.15. The summed E-state index contributed by atoms with van der Waals surface area (Å²) < 4.78 is 0. The van der Waals surface area contributed by atoms with Gasteiger partial charge in [-0.15, -0.1) is 10.1 Å². The van der Waals surface area contributed by atoms with Gasteiger partial charge in [-0.05, 0) is 19.9 Å². The zero-order chi connectivity index (χ0) is 16.8. The van der Waals surface area contributed by atoms with Crippen molar-refractivity contribution in [1.29, 1.82) is 0 Å². The van der Waals surface area contributed by atoms with Crippen molar-refractivity contribution in [3.63, 3.8) is 0 Å². The lowest BCUT2D eigenvalue weighted by Crippen LogP contribution is -2.36. The summed E-state index contributed by atoms with van der Waals surface area (Å²) in [7, 11) is 0. The second-order valence-electron chi connectivity index (χ2n) is 3.41. The Morgan fingerprint density at radius 1 is 1.33 bits per heavy atom. The Labute approximate surface area is 119 Å². The molecule has 11 heteroatoms. The van der Waals surface area contributed by atoms with E-state index in [1.54, 1.807) is 0 Å². The van der Waals surface area contributed by atoms with Crippen molar-refractivity contribution in [2.45, 2.75) is 19.4 Å². The lowest BCUT2D eigenvalue weighted by atomic mass is 10.3. The van der Waals surface area contributed by atoms with E-state index >= 15 is 0 Å². The minimum Gasteiger partial charge on any atom is -0.478 e. The summed E-state index contributed by atoms with van der Waals surface area (Å²) in [5, 5.41) is 26.9. The molecule has 120 valence electrons. The Kier molecular flexibility index (Phi) is 12.1. The van der Waals surface area contributed by atoms with Crippen molar-refractivity contribution in [2.75, 3.05) is 13.1 Å². The molecular formula is C10H17N3O8. The first-order valence-electron chi connectivity index (χ1n) is 5.63. The van der Waals surface area contributed by atoms with Crippen LogP contribution in [0.3, 0.4) is 0 Å². The van der Waals surface area contributed by atoms with Gasteiger partial charge in [0.05, 0.1) is 0 Å². The van der Waals surface area contributed by atoms with Gasteiger partial charge in [0.25, 0.3) is 5.09 Å². The fourth-order valence-electron chi connectivity index (χ4n) is 0.777. The van der Waals surface area contributed by atoms with Gasteiger partial charge < -0.3 is 26.1 Å². The van der Waals surface area contributed by atoms with E-state index in [0.29, 0.717) is 31.7 Å². The molecule has 11 nitrogen and oxygen atoms in total. The minimum absolute atomic E-state index is 0.404. The van der Waals surface area contributed by atoms with Crippen LogP contribution in [0.15, 0.2) is 12.2 Å². The van der Waals surface area contributed by atoms with Gasteiger partial charge in [0.15, 0.2) is 6.10 Å². The molecule has 5 N–H and O–H groups in total. The van der Waals surface area contributed by atoms with E-state index < -0.39 is 29.0 Å². The number of aliphatic carboxylic acids is 2. The number of nitrogens with one attached hydrogen (secondary N) is 1. The largest absolute Gasteiger partial charge is 0.478 e. The number of carbonyl (C=O) groups is 3. The fraction of sp³-hybridized carbons (Fsp3) is 0.500. The quantitative estimate of drug-likeness (QED) is 0.184. The molecule has 0 saturated heterocycles. The monoisotopic (exact) mass is 307 g/mol. The van der Waals surface area contributed by atoms with Crippen LogP contribution in [0.25, 0.3) is 0 Å². The van der Waals surface area contributed by atoms with Crippen molar-refractivity contribution >= 4 is 17.8 Å². The average Bonchev–Trinajstić information content (AvgIpc) is 2.36. The van der Waals surface area contributed by atoms with Crippen LogP contribution in [0.2, 0.25) is 0 Å². The maximum atomic E-state index is 11.0. The molecule has 0 aliphatic heterocycles. The van der Waals surface area contributed by atoms with E-state index in [9.17, 15) is 24.5 Å². The first kappa shape index (κ1) is 20.6. The van der Waals surface area contributed by atoms with Gasteiger partial charge in [-0.25, -0.2) is 9.59 Å². The summed E-state index contributed by atoms with van der Waals surface area (Å²) in [5.41, 5.74) is 5.18. The van der Waals surface area contributed by atoms with Crippen molar-refractivity contribution in [3.05, 3.63) is 22.3 Å². The number of carboxylic acids is 2. The number of carboxylic acid groups (broad SMARTS) is 2. The van der Waals surface area contributed by atoms with Crippen LogP contribution in [0.1, 0.15) is 13.3 Å². The maximum Gasteiger partial charge on any atom is 0.328 e. The molecule has 21 heavy (non-hydrogen) atoms. The highest BCUT2D eigenvalue weighted by atomic mass is 17.0. The molecule has 0 fully saturated rings. The molecule has 1 amide bonds. The third-order valence-electron chi connectivity index (χ3n) is 1.66. The van der Waals surface area contributed by atoms with Crippen molar-refractivity contribution in [3.8, 4) is 0 Å². The van der Waals surface area contributed by atoms with Crippen molar-refractivity contribution in [1.82, 2.24) is 5.32 Å². The molecule has 0 radical (unpaired) electrons. The molecular weight excluding hydrogens is 290 g/mol. The molecule has 0 aromatic carbocycles. The third kappa shape index (κ3) is 17.3. The van der Waals surface area contributed by atoms with Crippen LogP contribution < -0.4 is 11.1 Å². The van der Waals surface area contributed by atoms with E-state index in [2.05, 4.69) is 10.2 Å². The Bertz CT molecular complexity index is 380. The molecule has 0 aromatic heterocycles. The predicted molar refractivity (Wildman–Crippen MR) is 68.6 cm³/mol. The minimum atomic E-state index is -1.26. The molecule has 0 aliphatic carbocycles.